The molecule has 2 atom stereocenters. The maximum absolute atomic E-state index is 6.16. The fourth-order valence-electron chi connectivity index (χ4n) is 1.84. The SMILES string of the molecule is NC(c1cccc(Cl)c1)C(N)c1cccc(Cl)c1. The highest BCUT2D eigenvalue weighted by atomic mass is 35.5. The van der Waals surface area contributed by atoms with Gasteiger partial charge in [0.25, 0.3) is 0 Å². The lowest BCUT2D eigenvalue weighted by molar-refractivity contribution is 0.574. The predicted octanol–water partition coefficient (Wildman–Crippen LogP) is 3.69. The van der Waals surface area contributed by atoms with Gasteiger partial charge in [0.15, 0.2) is 0 Å². The van der Waals surface area contributed by atoms with Crippen molar-refractivity contribution in [2.75, 3.05) is 0 Å². The van der Waals surface area contributed by atoms with E-state index in [9.17, 15) is 0 Å². The van der Waals surface area contributed by atoms with Crippen molar-refractivity contribution in [3.05, 3.63) is 69.7 Å². The summed E-state index contributed by atoms with van der Waals surface area (Å²) in [6.45, 7) is 0. The third kappa shape index (κ3) is 3.03. The van der Waals surface area contributed by atoms with Crippen molar-refractivity contribution in [1.29, 1.82) is 0 Å². The van der Waals surface area contributed by atoms with Crippen LogP contribution in [0.25, 0.3) is 0 Å². The van der Waals surface area contributed by atoms with Gasteiger partial charge in [0, 0.05) is 22.1 Å². The topological polar surface area (TPSA) is 52.0 Å². The predicted molar refractivity (Wildman–Crippen MR) is 76.8 cm³/mol. The first kappa shape index (κ1) is 13.4. The van der Waals surface area contributed by atoms with E-state index in [4.69, 9.17) is 34.7 Å². The molecule has 0 saturated heterocycles. The summed E-state index contributed by atoms with van der Waals surface area (Å²) in [6.07, 6.45) is 0. The molecule has 0 radical (unpaired) electrons. The smallest absolute Gasteiger partial charge is 0.0491 e. The zero-order chi connectivity index (χ0) is 13.1. The van der Waals surface area contributed by atoms with Crippen LogP contribution in [0.15, 0.2) is 48.5 Å². The van der Waals surface area contributed by atoms with Gasteiger partial charge in [-0.05, 0) is 35.4 Å². The fraction of sp³-hybridized carbons (Fsp3) is 0.143. The highest BCUT2D eigenvalue weighted by Gasteiger charge is 2.17. The molecule has 4 N–H and O–H groups in total. The van der Waals surface area contributed by atoms with Crippen molar-refractivity contribution in [3.8, 4) is 0 Å². The van der Waals surface area contributed by atoms with Crippen LogP contribution in [0.2, 0.25) is 10.0 Å². The van der Waals surface area contributed by atoms with Crippen molar-refractivity contribution >= 4 is 23.2 Å². The van der Waals surface area contributed by atoms with E-state index in [0.29, 0.717) is 10.0 Å². The van der Waals surface area contributed by atoms with Crippen LogP contribution in [0.3, 0.4) is 0 Å². The third-order valence-corrected chi connectivity index (χ3v) is 3.32. The van der Waals surface area contributed by atoms with Crippen molar-refractivity contribution in [3.63, 3.8) is 0 Å². The molecule has 0 fully saturated rings. The van der Waals surface area contributed by atoms with Crippen LogP contribution in [0, 0.1) is 0 Å². The van der Waals surface area contributed by atoms with Gasteiger partial charge in [-0.1, -0.05) is 47.5 Å². The summed E-state index contributed by atoms with van der Waals surface area (Å²) in [5, 5.41) is 1.31. The standard InChI is InChI=1S/C14H14Cl2N2/c15-11-5-1-3-9(7-11)13(17)14(18)10-4-2-6-12(16)8-10/h1-8,13-14H,17-18H2. The first-order chi connectivity index (χ1) is 8.58. The molecule has 2 rings (SSSR count). The Balaban J connectivity index is 2.26. The molecule has 2 aromatic carbocycles. The van der Waals surface area contributed by atoms with Crippen LogP contribution in [0.1, 0.15) is 23.2 Å². The van der Waals surface area contributed by atoms with E-state index in [0.717, 1.165) is 11.1 Å². The van der Waals surface area contributed by atoms with Crippen molar-refractivity contribution in [1.82, 2.24) is 0 Å². The Morgan fingerprint density at radius 1 is 0.722 bits per heavy atom. The molecule has 0 amide bonds. The molecule has 18 heavy (non-hydrogen) atoms. The average molecular weight is 281 g/mol. The van der Waals surface area contributed by atoms with E-state index < -0.39 is 0 Å². The summed E-state index contributed by atoms with van der Waals surface area (Å²) in [6, 6.07) is 14.2. The normalized spacial score (nSPS) is 14.2. The van der Waals surface area contributed by atoms with Crippen LogP contribution in [-0.2, 0) is 0 Å². The first-order valence-corrected chi connectivity index (χ1v) is 6.35. The number of rotatable bonds is 3. The van der Waals surface area contributed by atoms with Gasteiger partial charge >= 0.3 is 0 Å². The third-order valence-electron chi connectivity index (χ3n) is 2.85. The molecule has 0 heterocycles. The second-order valence-electron chi connectivity index (χ2n) is 4.16. The van der Waals surface area contributed by atoms with Gasteiger partial charge in [-0.25, -0.2) is 0 Å². The van der Waals surface area contributed by atoms with Gasteiger partial charge in [0.1, 0.15) is 0 Å². The van der Waals surface area contributed by atoms with E-state index in [1.807, 2.05) is 48.5 Å². The quantitative estimate of drug-likeness (QED) is 0.901. The largest absolute Gasteiger partial charge is 0.322 e. The zero-order valence-corrected chi connectivity index (χ0v) is 11.2. The molecule has 2 aromatic rings. The molecule has 2 unspecified atom stereocenters. The average Bonchev–Trinajstić information content (AvgIpc) is 2.37. The lowest BCUT2D eigenvalue weighted by atomic mass is 9.95. The van der Waals surface area contributed by atoms with E-state index in [-0.39, 0.29) is 12.1 Å². The zero-order valence-electron chi connectivity index (χ0n) is 9.68. The highest BCUT2D eigenvalue weighted by molar-refractivity contribution is 6.30. The van der Waals surface area contributed by atoms with E-state index in [1.165, 1.54) is 0 Å². The Morgan fingerprint density at radius 2 is 1.11 bits per heavy atom. The molecule has 0 spiro atoms. The van der Waals surface area contributed by atoms with Gasteiger partial charge in [-0.15, -0.1) is 0 Å². The molecular weight excluding hydrogens is 267 g/mol. The molecule has 0 aliphatic heterocycles. The molecule has 0 saturated carbocycles. The second kappa shape index (κ2) is 5.72. The van der Waals surface area contributed by atoms with Crippen molar-refractivity contribution < 1.29 is 0 Å². The Kier molecular flexibility index (Phi) is 4.25. The number of halogens is 2. The van der Waals surface area contributed by atoms with Crippen LogP contribution >= 0.6 is 23.2 Å². The van der Waals surface area contributed by atoms with Gasteiger partial charge in [-0.2, -0.15) is 0 Å². The van der Waals surface area contributed by atoms with E-state index >= 15 is 0 Å². The Bertz CT molecular complexity index is 493. The van der Waals surface area contributed by atoms with Gasteiger partial charge in [0.05, 0.1) is 0 Å². The number of benzene rings is 2. The Hall–Kier alpha value is -1.06. The summed E-state index contributed by atoms with van der Waals surface area (Å²) in [4.78, 5) is 0. The maximum atomic E-state index is 6.16. The number of nitrogens with two attached hydrogens (primary N) is 2. The van der Waals surface area contributed by atoms with Crippen LogP contribution in [0.5, 0.6) is 0 Å². The molecular formula is C14H14Cl2N2. The first-order valence-electron chi connectivity index (χ1n) is 5.60. The van der Waals surface area contributed by atoms with Crippen molar-refractivity contribution in [2.45, 2.75) is 12.1 Å². The number of hydrogen-bond acceptors (Lipinski definition) is 2. The minimum atomic E-state index is -0.317. The van der Waals surface area contributed by atoms with E-state index in [1.54, 1.807) is 0 Å². The van der Waals surface area contributed by atoms with Crippen LogP contribution < -0.4 is 11.5 Å². The summed E-state index contributed by atoms with van der Waals surface area (Å²) in [7, 11) is 0. The number of hydrogen-bond donors (Lipinski definition) is 2. The van der Waals surface area contributed by atoms with Crippen LogP contribution in [-0.4, -0.2) is 0 Å². The highest BCUT2D eigenvalue weighted by Crippen LogP contribution is 2.27. The lowest BCUT2D eigenvalue weighted by Gasteiger charge is -2.21. The van der Waals surface area contributed by atoms with Crippen molar-refractivity contribution in [2.24, 2.45) is 11.5 Å². The molecule has 0 bridgehead atoms. The minimum absolute atomic E-state index is 0.317. The molecule has 0 aromatic heterocycles. The lowest BCUT2D eigenvalue weighted by Crippen LogP contribution is -2.26. The molecule has 4 heteroatoms. The second-order valence-corrected chi connectivity index (χ2v) is 5.03. The molecule has 0 aliphatic carbocycles. The van der Waals surface area contributed by atoms with Gasteiger partial charge < -0.3 is 11.5 Å². The summed E-state index contributed by atoms with van der Waals surface area (Å²) >= 11 is 11.9. The summed E-state index contributed by atoms with van der Waals surface area (Å²) < 4.78 is 0. The molecule has 0 aliphatic rings. The summed E-state index contributed by atoms with van der Waals surface area (Å²) in [5.74, 6) is 0. The maximum Gasteiger partial charge on any atom is 0.0491 e. The summed E-state index contributed by atoms with van der Waals surface area (Å²) in [5.41, 5.74) is 14.1. The molecule has 94 valence electrons. The Labute approximate surface area is 117 Å². The van der Waals surface area contributed by atoms with E-state index in [2.05, 4.69) is 0 Å². The fourth-order valence-corrected chi connectivity index (χ4v) is 2.24. The minimum Gasteiger partial charge on any atom is -0.322 e. The monoisotopic (exact) mass is 280 g/mol. The molecule has 2 nitrogen and oxygen atoms in total. The van der Waals surface area contributed by atoms with Crippen LogP contribution in [0.4, 0.5) is 0 Å². The van der Waals surface area contributed by atoms with Gasteiger partial charge in [-0.3, -0.25) is 0 Å². The Morgan fingerprint density at radius 3 is 1.44 bits per heavy atom. The van der Waals surface area contributed by atoms with Gasteiger partial charge in [0.2, 0.25) is 0 Å².